The third-order valence-electron chi connectivity index (χ3n) is 5.48. The highest BCUT2D eigenvalue weighted by Crippen LogP contribution is 2.33. The maximum atomic E-state index is 2.47. The van der Waals surface area contributed by atoms with Gasteiger partial charge in [0, 0.05) is 9.13 Å². The molecular weight excluding hydrogens is 316 g/mol. The van der Waals surface area contributed by atoms with Crippen molar-refractivity contribution in [3.05, 3.63) is 80.9 Å². The molecule has 0 amide bonds. The van der Waals surface area contributed by atoms with Crippen LogP contribution >= 0.6 is 0 Å². The van der Waals surface area contributed by atoms with Gasteiger partial charge in [0.15, 0.2) is 0 Å². The van der Waals surface area contributed by atoms with Crippen molar-refractivity contribution in [2.75, 3.05) is 0 Å². The number of aryl methyl sites for hydroxylation is 2. The molecule has 0 N–H and O–H groups in total. The molecule has 2 aliphatic rings. The van der Waals surface area contributed by atoms with Crippen molar-refractivity contribution in [3.8, 4) is 0 Å². The standard InChI is InChI=1S/C24H25Si/c1-4-25-24(21-14-20-10-6-8-17(3)23(20)15-21)13-18-11-19-9-5-7-16(2)22(19)12-18/h5-10,12,15H,4,11,13-14H2,1-3H3. The van der Waals surface area contributed by atoms with Crippen LogP contribution in [-0.2, 0) is 12.8 Å². The van der Waals surface area contributed by atoms with E-state index in [0.29, 0.717) is 0 Å². The first-order valence-electron chi connectivity index (χ1n) is 9.32. The molecule has 0 aromatic heterocycles. The maximum absolute atomic E-state index is 2.47. The highest BCUT2D eigenvalue weighted by Gasteiger charge is 2.20. The summed E-state index contributed by atoms with van der Waals surface area (Å²) in [5.74, 6) is 0. The summed E-state index contributed by atoms with van der Waals surface area (Å²) in [6.45, 7) is 6.78. The van der Waals surface area contributed by atoms with Crippen molar-refractivity contribution in [2.45, 2.75) is 46.1 Å². The van der Waals surface area contributed by atoms with E-state index in [1.165, 1.54) is 39.4 Å². The molecule has 0 heterocycles. The van der Waals surface area contributed by atoms with E-state index in [2.05, 4.69) is 69.3 Å². The molecule has 0 saturated carbocycles. The Labute approximate surface area is 153 Å². The zero-order chi connectivity index (χ0) is 17.4. The molecule has 0 spiro atoms. The zero-order valence-corrected chi connectivity index (χ0v) is 16.4. The minimum absolute atomic E-state index is 0.943. The molecule has 1 radical (unpaired) electrons. The average Bonchev–Trinajstić information content (AvgIpc) is 3.20. The summed E-state index contributed by atoms with van der Waals surface area (Å²) in [7, 11) is 0.943. The van der Waals surface area contributed by atoms with Crippen molar-refractivity contribution in [2.24, 2.45) is 0 Å². The minimum atomic E-state index is 0.943. The first kappa shape index (κ1) is 16.5. The second-order valence-corrected chi connectivity index (χ2v) is 8.97. The monoisotopic (exact) mass is 341 g/mol. The van der Waals surface area contributed by atoms with Crippen LogP contribution in [0, 0.1) is 13.8 Å². The van der Waals surface area contributed by atoms with Crippen molar-refractivity contribution >= 4 is 26.5 Å². The van der Waals surface area contributed by atoms with Crippen molar-refractivity contribution < 1.29 is 0 Å². The molecule has 0 atom stereocenters. The Balaban J connectivity index is 1.60. The predicted molar refractivity (Wildman–Crippen MR) is 112 cm³/mol. The molecule has 0 saturated heterocycles. The lowest BCUT2D eigenvalue weighted by molar-refractivity contribution is 1.13. The van der Waals surface area contributed by atoms with Crippen LogP contribution in [-0.4, -0.2) is 14.3 Å². The van der Waals surface area contributed by atoms with Crippen LogP contribution in [0.15, 0.2) is 47.5 Å². The quantitative estimate of drug-likeness (QED) is 0.636. The van der Waals surface area contributed by atoms with Crippen molar-refractivity contribution in [1.82, 2.24) is 0 Å². The Morgan fingerprint density at radius 2 is 1.52 bits per heavy atom. The number of benzene rings is 2. The Morgan fingerprint density at radius 3 is 2.12 bits per heavy atom. The van der Waals surface area contributed by atoms with Gasteiger partial charge >= 0.3 is 0 Å². The smallest absolute Gasteiger partial charge is 0.0243 e. The lowest BCUT2D eigenvalue weighted by Crippen LogP contribution is -2.09. The largest absolute Gasteiger partial charge is 0.0649 e. The van der Waals surface area contributed by atoms with Crippen molar-refractivity contribution in [3.63, 3.8) is 0 Å². The summed E-state index contributed by atoms with van der Waals surface area (Å²) >= 11 is 0. The summed E-state index contributed by atoms with van der Waals surface area (Å²) in [5, 5.41) is 1.68. The van der Waals surface area contributed by atoms with Gasteiger partial charge < -0.3 is 0 Å². The van der Waals surface area contributed by atoms with Gasteiger partial charge in [0.1, 0.15) is 0 Å². The van der Waals surface area contributed by atoms with Crippen LogP contribution in [0.3, 0.4) is 0 Å². The fourth-order valence-electron chi connectivity index (χ4n) is 4.17. The molecule has 0 fully saturated rings. The zero-order valence-electron chi connectivity index (χ0n) is 15.4. The Morgan fingerprint density at radius 1 is 0.880 bits per heavy atom. The maximum Gasteiger partial charge on any atom is 0.0243 e. The van der Waals surface area contributed by atoms with E-state index in [4.69, 9.17) is 0 Å². The SMILES string of the molecule is CC[Si]=C(CC1=Cc2c(C)cccc2C1)C1=Cc2c(C)cccc2C1. The molecule has 2 aliphatic carbocycles. The van der Waals surface area contributed by atoms with Gasteiger partial charge in [-0.25, -0.2) is 0 Å². The van der Waals surface area contributed by atoms with Gasteiger partial charge in [-0.3, -0.25) is 0 Å². The second-order valence-electron chi connectivity index (χ2n) is 7.31. The van der Waals surface area contributed by atoms with E-state index in [0.717, 1.165) is 28.4 Å². The summed E-state index contributed by atoms with van der Waals surface area (Å²) in [6, 6.07) is 14.7. The molecule has 0 unspecified atom stereocenters. The highest BCUT2D eigenvalue weighted by atomic mass is 28.2. The van der Waals surface area contributed by atoms with E-state index in [9.17, 15) is 0 Å². The fraction of sp³-hybridized carbons (Fsp3) is 0.292. The first-order valence-corrected chi connectivity index (χ1v) is 10.5. The van der Waals surface area contributed by atoms with Gasteiger partial charge in [-0.1, -0.05) is 66.2 Å². The Bertz CT molecular complexity index is 925. The van der Waals surface area contributed by atoms with E-state index >= 15 is 0 Å². The summed E-state index contributed by atoms with van der Waals surface area (Å²) < 4.78 is 0. The minimum Gasteiger partial charge on any atom is -0.0649 e. The van der Waals surface area contributed by atoms with Crippen LogP contribution < -0.4 is 0 Å². The predicted octanol–water partition coefficient (Wildman–Crippen LogP) is 5.59. The van der Waals surface area contributed by atoms with Gasteiger partial charge in [0.25, 0.3) is 0 Å². The molecule has 2 aromatic carbocycles. The molecule has 1 heteroatoms. The molecule has 125 valence electrons. The topological polar surface area (TPSA) is 0 Å². The molecule has 2 aromatic rings. The summed E-state index contributed by atoms with van der Waals surface area (Å²) in [5.41, 5.74) is 11.9. The summed E-state index contributed by atoms with van der Waals surface area (Å²) in [4.78, 5) is 0. The number of hydrogen-bond acceptors (Lipinski definition) is 0. The van der Waals surface area contributed by atoms with Gasteiger partial charge in [-0.05, 0) is 78.1 Å². The van der Waals surface area contributed by atoms with E-state index in [-0.39, 0.29) is 0 Å². The first-order chi connectivity index (χ1) is 12.2. The number of hydrogen-bond donors (Lipinski definition) is 0. The summed E-state index contributed by atoms with van der Waals surface area (Å²) in [6.07, 6.45) is 8.33. The van der Waals surface area contributed by atoms with Crippen LogP contribution in [0.2, 0.25) is 6.04 Å². The third kappa shape index (κ3) is 3.14. The van der Waals surface area contributed by atoms with Crippen LogP contribution in [0.25, 0.3) is 12.2 Å². The average molecular weight is 342 g/mol. The Kier molecular flexibility index (Phi) is 4.43. The molecule has 0 aliphatic heterocycles. The highest BCUT2D eigenvalue weighted by molar-refractivity contribution is 6.58. The van der Waals surface area contributed by atoms with Gasteiger partial charge in [-0.15, -0.1) is 0 Å². The van der Waals surface area contributed by atoms with E-state index < -0.39 is 0 Å². The number of rotatable bonds is 4. The molecule has 25 heavy (non-hydrogen) atoms. The van der Waals surface area contributed by atoms with E-state index in [1.807, 2.05) is 0 Å². The van der Waals surface area contributed by atoms with Gasteiger partial charge in [0.05, 0.1) is 0 Å². The van der Waals surface area contributed by atoms with E-state index in [1.54, 1.807) is 16.3 Å². The van der Waals surface area contributed by atoms with Crippen LogP contribution in [0.5, 0.6) is 0 Å². The lowest BCUT2D eigenvalue weighted by Gasteiger charge is -2.10. The molecule has 4 rings (SSSR count). The molecular formula is C24H25Si. The number of fused-ring (bicyclic) bond motifs is 2. The second kappa shape index (κ2) is 6.72. The molecule has 0 bridgehead atoms. The Hall–Kier alpha value is -1.99. The number of allylic oxidation sites excluding steroid dienone is 2. The lowest BCUT2D eigenvalue weighted by atomic mass is 10.0. The van der Waals surface area contributed by atoms with Gasteiger partial charge in [-0.2, -0.15) is 0 Å². The van der Waals surface area contributed by atoms with Crippen LogP contribution in [0.4, 0.5) is 0 Å². The normalized spacial score (nSPS) is 15.7. The van der Waals surface area contributed by atoms with Crippen LogP contribution in [0.1, 0.15) is 46.7 Å². The fourth-order valence-corrected chi connectivity index (χ4v) is 5.34. The van der Waals surface area contributed by atoms with Crippen molar-refractivity contribution in [1.29, 1.82) is 0 Å². The third-order valence-corrected chi connectivity index (χ3v) is 6.75. The molecule has 0 nitrogen and oxygen atoms in total. The van der Waals surface area contributed by atoms with Gasteiger partial charge in [0.2, 0.25) is 0 Å².